The fourth-order valence-electron chi connectivity index (χ4n) is 2.17. The van der Waals surface area contributed by atoms with Crippen LogP contribution in [-0.4, -0.2) is 43.2 Å². The minimum Gasteiger partial charge on any atom is -0.384 e. The number of hydrogen-bond donors (Lipinski definition) is 1. The number of nitrogens with two attached hydrogens (primary N) is 1. The number of nitrogens with zero attached hydrogens (tertiary/aromatic N) is 1. The first-order valence-corrected chi connectivity index (χ1v) is 6.48. The molecule has 1 amide bonds. The minimum absolute atomic E-state index is 0.246. The molecule has 17 heavy (non-hydrogen) atoms. The molecule has 1 heterocycles. The summed E-state index contributed by atoms with van der Waals surface area (Å²) >= 11 is 0. The summed E-state index contributed by atoms with van der Waals surface area (Å²) in [5, 5.41) is 0. The van der Waals surface area contributed by atoms with Crippen molar-refractivity contribution in [3.63, 3.8) is 0 Å². The molecule has 1 aliphatic rings. The summed E-state index contributed by atoms with van der Waals surface area (Å²) < 4.78 is 5.15. The first kappa shape index (κ1) is 14.5. The Bertz CT molecular complexity index is 240. The summed E-state index contributed by atoms with van der Waals surface area (Å²) in [6.07, 6.45) is 3.44. The molecule has 2 N–H and O–H groups in total. The molecule has 0 bridgehead atoms. The van der Waals surface area contributed by atoms with E-state index in [-0.39, 0.29) is 11.4 Å². The molecule has 100 valence electrons. The summed E-state index contributed by atoms with van der Waals surface area (Å²) in [6, 6.07) is 0. The molecule has 0 radical (unpaired) electrons. The highest BCUT2D eigenvalue weighted by atomic mass is 16.5. The number of ether oxygens (including phenoxy) is 1. The van der Waals surface area contributed by atoms with E-state index in [0.29, 0.717) is 12.3 Å². The molecule has 0 saturated carbocycles. The fraction of sp³-hybridized carbons (Fsp3) is 0.923. The maximum absolute atomic E-state index is 11.9. The molecule has 0 unspecified atom stereocenters. The van der Waals surface area contributed by atoms with E-state index < -0.39 is 0 Å². The number of amides is 1. The lowest BCUT2D eigenvalue weighted by molar-refractivity contribution is -0.133. The van der Waals surface area contributed by atoms with Gasteiger partial charge in [-0.25, -0.2) is 0 Å². The molecule has 0 atom stereocenters. The Labute approximate surface area is 104 Å². The SMILES string of the molecule is COCC1CCN(C(=O)CCC(C)(C)N)CC1. The van der Waals surface area contributed by atoms with E-state index in [1.165, 1.54) is 0 Å². The summed E-state index contributed by atoms with van der Waals surface area (Å²) in [7, 11) is 1.74. The van der Waals surface area contributed by atoms with Crippen LogP contribution < -0.4 is 5.73 Å². The number of piperidine rings is 1. The molecule has 0 aromatic carbocycles. The third-order valence-electron chi connectivity index (χ3n) is 3.35. The van der Waals surface area contributed by atoms with E-state index >= 15 is 0 Å². The van der Waals surface area contributed by atoms with Crippen molar-refractivity contribution >= 4 is 5.91 Å². The maximum Gasteiger partial charge on any atom is 0.222 e. The molecule has 4 nitrogen and oxygen atoms in total. The summed E-state index contributed by atoms with van der Waals surface area (Å²) in [5.74, 6) is 0.870. The molecule has 1 aliphatic heterocycles. The van der Waals surface area contributed by atoms with Crippen molar-refractivity contribution in [2.24, 2.45) is 11.7 Å². The minimum atomic E-state index is -0.246. The Balaban J connectivity index is 2.26. The van der Waals surface area contributed by atoms with Crippen LogP contribution in [0.3, 0.4) is 0 Å². The first-order chi connectivity index (χ1) is 7.92. The van der Waals surface area contributed by atoms with Crippen LogP contribution in [0.1, 0.15) is 39.5 Å². The Morgan fingerprint density at radius 2 is 2.00 bits per heavy atom. The number of carbonyl (C=O) groups excluding carboxylic acids is 1. The molecule has 1 fully saturated rings. The fourth-order valence-corrected chi connectivity index (χ4v) is 2.17. The zero-order valence-corrected chi connectivity index (χ0v) is 11.4. The molecule has 1 saturated heterocycles. The highest BCUT2D eigenvalue weighted by Crippen LogP contribution is 2.19. The third kappa shape index (κ3) is 5.50. The number of hydrogen-bond acceptors (Lipinski definition) is 3. The normalized spacial score (nSPS) is 18.5. The van der Waals surface area contributed by atoms with Crippen LogP contribution in [0.15, 0.2) is 0 Å². The molecular weight excluding hydrogens is 216 g/mol. The van der Waals surface area contributed by atoms with E-state index in [2.05, 4.69) is 0 Å². The van der Waals surface area contributed by atoms with Gasteiger partial charge in [-0.1, -0.05) is 0 Å². The number of likely N-dealkylation sites (tertiary alicyclic amines) is 1. The lowest BCUT2D eigenvalue weighted by Crippen LogP contribution is -2.41. The van der Waals surface area contributed by atoms with Gasteiger partial charge in [0.2, 0.25) is 5.91 Å². The molecule has 0 aliphatic carbocycles. The van der Waals surface area contributed by atoms with Crippen molar-refractivity contribution in [3.8, 4) is 0 Å². The van der Waals surface area contributed by atoms with Crippen molar-refractivity contribution in [2.75, 3.05) is 26.8 Å². The standard InChI is InChI=1S/C13H26N2O2/c1-13(2,14)7-4-12(16)15-8-5-11(6-9-15)10-17-3/h11H,4-10,14H2,1-3H3. The molecule has 0 aromatic heterocycles. The van der Waals surface area contributed by atoms with Crippen molar-refractivity contribution in [1.82, 2.24) is 4.90 Å². The first-order valence-electron chi connectivity index (χ1n) is 6.48. The number of methoxy groups -OCH3 is 1. The molecule has 4 heteroatoms. The zero-order valence-electron chi connectivity index (χ0n) is 11.4. The lowest BCUT2D eigenvalue weighted by atomic mass is 9.96. The van der Waals surface area contributed by atoms with Gasteiger partial charge in [-0.05, 0) is 39.0 Å². The van der Waals surface area contributed by atoms with Gasteiger partial charge in [0.1, 0.15) is 0 Å². The van der Waals surface area contributed by atoms with Gasteiger partial charge in [0, 0.05) is 38.8 Å². The largest absolute Gasteiger partial charge is 0.384 e. The smallest absolute Gasteiger partial charge is 0.222 e. The van der Waals surface area contributed by atoms with Crippen molar-refractivity contribution in [2.45, 2.75) is 45.1 Å². The topological polar surface area (TPSA) is 55.6 Å². The third-order valence-corrected chi connectivity index (χ3v) is 3.35. The molecule has 0 aromatic rings. The average molecular weight is 242 g/mol. The number of rotatable bonds is 5. The predicted molar refractivity (Wildman–Crippen MR) is 68.7 cm³/mol. The zero-order chi connectivity index (χ0) is 12.9. The van der Waals surface area contributed by atoms with Gasteiger partial charge >= 0.3 is 0 Å². The second-order valence-corrected chi connectivity index (χ2v) is 5.77. The molecule has 1 rings (SSSR count). The molecular formula is C13H26N2O2. The Morgan fingerprint density at radius 3 is 2.47 bits per heavy atom. The van der Waals surface area contributed by atoms with E-state index in [4.69, 9.17) is 10.5 Å². The van der Waals surface area contributed by atoms with Gasteiger partial charge in [0.05, 0.1) is 0 Å². The van der Waals surface area contributed by atoms with Crippen molar-refractivity contribution < 1.29 is 9.53 Å². The van der Waals surface area contributed by atoms with Gasteiger partial charge in [0.15, 0.2) is 0 Å². The van der Waals surface area contributed by atoms with Gasteiger partial charge < -0.3 is 15.4 Å². The average Bonchev–Trinajstić information content (AvgIpc) is 2.26. The van der Waals surface area contributed by atoms with Crippen molar-refractivity contribution in [3.05, 3.63) is 0 Å². The Kier molecular flexibility index (Phi) is 5.40. The van der Waals surface area contributed by atoms with Gasteiger partial charge in [0.25, 0.3) is 0 Å². The van der Waals surface area contributed by atoms with Crippen LogP contribution in [-0.2, 0) is 9.53 Å². The Hall–Kier alpha value is -0.610. The summed E-state index contributed by atoms with van der Waals surface area (Å²) in [6.45, 7) is 6.49. The predicted octanol–water partition coefficient (Wildman–Crippen LogP) is 1.39. The second-order valence-electron chi connectivity index (χ2n) is 5.77. The van der Waals surface area contributed by atoms with E-state index in [0.717, 1.165) is 39.0 Å². The van der Waals surface area contributed by atoms with E-state index in [9.17, 15) is 4.79 Å². The van der Waals surface area contributed by atoms with Crippen LogP contribution in [0.25, 0.3) is 0 Å². The summed E-state index contributed by atoms with van der Waals surface area (Å²) in [4.78, 5) is 13.9. The quantitative estimate of drug-likeness (QED) is 0.792. The van der Waals surface area contributed by atoms with Crippen LogP contribution in [0, 0.1) is 5.92 Å². The number of carbonyl (C=O) groups is 1. The Morgan fingerprint density at radius 1 is 1.41 bits per heavy atom. The lowest BCUT2D eigenvalue weighted by Gasteiger charge is -2.32. The van der Waals surface area contributed by atoms with E-state index in [1.807, 2.05) is 18.7 Å². The van der Waals surface area contributed by atoms with Gasteiger partial charge in [-0.2, -0.15) is 0 Å². The van der Waals surface area contributed by atoms with Crippen molar-refractivity contribution in [1.29, 1.82) is 0 Å². The van der Waals surface area contributed by atoms with Crippen LogP contribution >= 0.6 is 0 Å². The van der Waals surface area contributed by atoms with E-state index in [1.54, 1.807) is 7.11 Å². The maximum atomic E-state index is 11.9. The highest BCUT2D eigenvalue weighted by Gasteiger charge is 2.23. The monoisotopic (exact) mass is 242 g/mol. The van der Waals surface area contributed by atoms with Gasteiger partial charge in [-0.3, -0.25) is 4.79 Å². The van der Waals surface area contributed by atoms with Crippen LogP contribution in [0.5, 0.6) is 0 Å². The second kappa shape index (κ2) is 6.36. The van der Waals surface area contributed by atoms with Crippen LogP contribution in [0.4, 0.5) is 0 Å². The molecule has 0 spiro atoms. The van der Waals surface area contributed by atoms with Crippen LogP contribution in [0.2, 0.25) is 0 Å². The summed E-state index contributed by atoms with van der Waals surface area (Å²) in [5.41, 5.74) is 5.64. The van der Waals surface area contributed by atoms with Gasteiger partial charge in [-0.15, -0.1) is 0 Å². The highest BCUT2D eigenvalue weighted by molar-refractivity contribution is 5.76.